The lowest BCUT2D eigenvalue weighted by molar-refractivity contribution is -0.661. The number of β-lactam (4-membered cyclic amide) rings is 1. The zero-order valence-corrected chi connectivity index (χ0v) is 19.9. The summed E-state index contributed by atoms with van der Waals surface area (Å²) in [5.74, 6) is -1.82. The molecule has 0 radical (unpaired) electrons. The highest BCUT2D eigenvalue weighted by atomic mass is 32.2. The summed E-state index contributed by atoms with van der Waals surface area (Å²) in [6, 6.07) is 6.39. The number of fused-ring (bicyclic) bond motifs is 2. The number of hydrogen-bond donors (Lipinski definition) is 4. The van der Waals surface area contributed by atoms with Crippen LogP contribution in [0.1, 0.15) is 5.69 Å². The molecule has 14 heteroatoms. The number of carboxylic acid groups (broad SMARTS) is 1. The lowest BCUT2D eigenvalue weighted by atomic mass is 10.0. The van der Waals surface area contributed by atoms with Gasteiger partial charge in [-0.25, -0.2) is 4.79 Å². The number of carbonyl (C=O) groups excluding carboxylic acids is 2. The summed E-state index contributed by atoms with van der Waals surface area (Å²) < 4.78 is 1.98. The van der Waals surface area contributed by atoms with Gasteiger partial charge < -0.3 is 21.0 Å². The van der Waals surface area contributed by atoms with Gasteiger partial charge in [0.1, 0.15) is 30.0 Å². The first-order chi connectivity index (χ1) is 16.9. The van der Waals surface area contributed by atoms with Gasteiger partial charge in [0.2, 0.25) is 0 Å². The average molecular weight is 515 g/mol. The molecule has 3 aromatic heterocycles. The van der Waals surface area contributed by atoms with Crippen molar-refractivity contribution in [1.29, 1.82) is 0 Å². The van der Waals surface area contributed by atoms with Crippen molar-refractivity contribution in [2.45, 2.75) is 18.0 Å². The zero-order chi connectivity index (χ0) is 24.7. The van der Waals surface area contributed by atoms with Gasteiger partial charge in [-0.15, -0.1) is 11.8 Å². The van der Waals surface area contributed by atoms with E-state index in [4.69, 9.17) is 10.6 Å². The number of aromatic nitrogens is 3. The second kappa shape index (κ2) is 9.03. The Hall–Kier alpha value is -3.91. The van der Waals surface area contributed by atoms with E-state index in [1.54, 1.807) is 11.3 Å². The predicted octanol–water partition coefficient (Wildman–Crippen LogP) is 0.283. The first kappa shape index (κ1) is 22.9. The van der Waals surface area contributed by atoms with Gasteiger partial charge in [-0.05, 0) is 17.5 Å². The maximum absolute atomic E-state index is 13.0. The van der Waals surface area contributed by atoms with Crippen molar-refractivity contribution in [3.05, 3.63) is 52.8 Å². The highest BCUT2D eigenvalue weighted by Gasteiger charge is 2.54. The van der Waals surface area contributed by atoms with Crippen LogP contribution < -0.4 is 15.6 Å². The number of nitrogens with zero attached hydrogens (tertiary/aromatic N) is 4. The average Bonchev–Trinajstić information content (AvgIpc) is 3.49. The largest absolute Gasteiger partial charge is 0.477 e. The molecule has 1 fully saturated rings. The molecule has 5 heterocycles. The van der Waals surface area contributed by atoms with Gasteiger partial charge >= 0.3 is 5.97 Å². The molecular weight excluding hydrogens is 494 g/mol. The van der Waals surface area contributed by atoms with Gasteiger partial charge in [0.25, 0.3) is 16.6 Å². The Morgan fingerprint density at radius 1 is 1.46 bits per heavy atom. The number of nitrogens with two attached hydrogens (primary N) is 1. The topological polar surface area (TPSA) is 167 Å². The fourth-order valence-corrected chi connectivity index (χ4v) is 6.31. The number of aliphatic carboxylic acids is 1. The number of anilines is 1. The van der Waals surface area contributed by atoms with Crippen LogP contribution in [0.3, 0.4) is 0 Å². The number of nitrogens with one attached hydrogen (secondary N) is 2. The van der Waals surface area contributed by atoms with E-state index in [1.165, 1.54) is 29.8 Å². The molecule has 2 unspecified atom stereocenters. The van der Waals surface area contributed by atoms with E-state index in [0.717, 1.165) is 10.2 Å². The first-order valence-corrected chi connectivity index (χ1v) is 12.3. The molecule has 0 bridgehead atoms. The van der Waals surface area contributed by atoms with Crippen molar-refractivity contribution >= 4 is 62.6 Å². The Balaban J connectivity index is 1.38. The van der Waals surface area contributed by atoms with E-state index >= 15 is 0 Å². The van der Waals surface area contributed by atoms with Gasteiger partial charge in [0, 0.05) is 23.5 Å². The van der Waals surface area contributed by atoms with Crippen LogP contribution in [-0.4, -0.2) is 68.0 Å². The van der Waals surface area contributed by atoms with Gasteiger partial charge in [-0.1, -0.05) is 16.5 Å². The molecule has 2 atom stereocenters. The smallest absolute Gasteiger partial charge is 0.352 e. The second-order valence-corrected chi connectivity index (χ2v) is 9.76. The normalized spacial score (nSPS) is 20.0. The monoisotopic (exact) mass is 514 g/mol. The van der Waals surface area contributed by atoms with Crippen molar-refractivity contribution in [3.63, 3.8) is 0 Å². The number of pyridine rings is 1. The van der Waals surface area contributed by atoms with Gasteiger partial charge in [0.05, 0.1) is 11.1 Å². The second-order valence-electron chi connectivity index (χ2n) is 7.76. The molecule has 2 amide bonds. The predicted molar refractivity (Wildman–Crippen MR) is 128 cm³/mol. The number of carbonyl (C=O) groups is 3. The standard InChI is InChI=1S/C21H19N7O5S2/c1-33-26-14(12-7-13(22)25-24-12)17(29)23-15-18(30)28-16(21(31)32)11(9-35-20(15)28)8-27-5-2-3-10-4-6-34-19(10)27/h2-7,15,20H,8-9H2,1H3,(H4-,22,23,24,25,26,29,31,32)/p+1. The molecule has 0 aromatic carbocycles. The third kappa shape index (κ3) is 4.00. The van der Waals surface area contributed by atoms with E-state index < -0.39 is 29.2 Å². The summed E-state index contributed by atoms with van der Waals surface area (Å²) in [4.78, 5) is 45.1. The number of aromatic amines is 1. The molecule has 1 saturated heterocycles. The number of H-pyrrole nitrogens is 1. The highest BCUT2D eigenvalue weighted by molar-refractivity contribution is 8.00. The minimum absolute atomic E-state index is 0.0440. The number of oxime groups is 1. The van der Waals surface area contributed by atoms with Gasteiger partial charge in [-0.2, -0.15) is 9.67 Å². The van der Waals surface area contributed by atoms with Crippen molar-refractivity contribution in [1.82, 2.24) is 20.4 Å². The fourth-order valence-electron chi connectivity index (χ4n) is 4.10. The molecule has 12 nitrogen and oxygen atoms in total. The van der Waals surface area contributed by atoms with Crippen molar-refractivity contribution in [3.8, 4) is 0 Å². The number of hydrogen-bond acceptors (Lipinski definition) is 9. The molecule has 0 spiro atoms. The molecule has 0 aliphatic carbocycles. The lowest BCUT2D eigenvalue weighted by Crippen LogP contribution is -2.71. The van der Waals surface area contributed by atoms with Crippen LogP contribution in [-0.2, 0) is 25.8 Å². The fraction of sp³-hybridized carbons (Fsp3) is 0.238. The van der Waals surface area contributed by atoms with Crippen LogP contribution in [0.15, 0.2) is 52.3 Å². The van der Waals surface area contributed by atoms with Crippen molar-refractivity contribution in [2.75, 3.05) is 18.6 Å². The van der Waals surface area contributed by atoms with Crippen LogP contribution in [0.25, 0.3) is 10.2 Å². The van der Waals surface area contributed by atoms with Crippen LogP contribution >= 0.6 is 23.1 Å². The molecule has 35 heavy (non-hydrogen) atoms. The summed E-state index contributed by atoms with van der Waals surface area (Å²) >= 11 is 2.96. The zero-order valence-electron chi connectivity index (χ0n) is 18.3. The van der Waals surface area contributed by atoms with E-state index in [1.807, 2.05) is 34.3 Å². The van der Waals surface area contributed by atoms with Crippen LogP contribution in [0.4, 0.5) is 5.82 Å². The Labute approximate surface area is 206 Å². The van der Waals surface area contributed by atoms with Crippen LogP contribution in [0.5, 0.6) is 0 Å². The Morgan fingerprint density at radius 2 is 2.29 bits per heavy atom. The van der Waals surface area contributed by atoms with E-state index in [9.17, 15) is 19.5 Å². The first-order valence-electron chi connectivity index (χ1n) is 10.4. The van der Waals surface area contributed by atoms with Crippen molar-refractivity contribution in [2.24, 2.45) is 5.16 Å². The number of nitrogen functional groups attached to an aromatic ring is 1. The minimum atomic E-state index is -1.18. The maximum Gasteiger partial charge on any atom is 0.352 e. The minimum Gasteiger partial charge on any atom is -0.477 e. The molecule has 2 aliphatic heterocycles. The number of thioether (sulfide) groups is 1. The Morgan fingerprint density at radius 3 is 3.00 bits per heavy atom. The lowest BCUT2D eigenvalue weighted by Gasteiger charge is -2.49. The van der Waals surface area contributed by atoms with E-state index in [0.29, 0.717) is 17.9 Å². The summed E-state index contributed by atoms with van der Waals surface area (Å²) in [7, 11) is 1.28. The number of thiophene rings is 1. The van der Waals surface area contributed by atoms with E-state index in [-0.39, 0.29) is 22.9 Å². The maximum atomic E-state index is 13.0. The summed E-state index contributed by atoms with van der Waals surface area (Å²) in [6.07, 6.45) is 1.89. The number of amides is 2. The SMILES string of the molecule is CO/N=C(/C(=O)NC1C(=O)N2C(C(=O)O)=C(C[n+]3cccc4ccsc43)CSC12)c1cc(N)n[nH]1. The molecule has 5 rings (SSSR count). The molecular formula is C21H20N7O5S2+. The summed E-state index contributed by atoms with van der Waals surface area (Å²) in [5, 5.41) is 25.1. The van der Waals surface area contributed by atoms with E-state index in [2.05, 4.69) is 20.7 Å². The van der Waals surface area contributed by atoms with Crippen LogP contribution in [0.2, 0.25) is 0 Å². The van der Waals surface area contributed by atoms with Crippen LogP contribution in [0, 0.1) is 0 Å². The van der Waals surface area contributed by atoms with Gasteiger partial charge in [0.15, 0.2) is 18.5 Å². The Kier molecular flexibility index (Phi) is 5.90. The molecule has 3 aromatic rings. The third-order valence-corrected chi connectivity index (χ3v) is 7.93. The Bertz CT molecular complexity index is 1410. The number of rotatable bonds is 7. The molecule has 5 N–H and O–H groups in total. The summed E-state index contributed by atoms with van der Waals surface area (Å²) in [6.45, 7) is 0.339. The molecule has 180 valence electrons. The third-order valence-electron chi connectivity index (χ3n) is 5.62. The van der Waals surface area contributed by atoms with Crippen molar-refractivity contribution < 1.29 is 28.9 Å². The molecule has 2 aliphatic rings. The van der Waals surface area contributed by atoms with Gasteiger partial charge in [-0.3, -0.25) is 19.6 Å². The molecule has 0 saturated carbocycles. The number of carboxylic acids is 1. The summed E-state index contributed by atoms with van der Waals surface area (Å²) in [5.41, 5.74) is 6.26. The highest BCUT2D eigenvalue weighted by Crippen LogP contribution is 2.40. The quantitative estimate of drug-likeness (QED) is 0.151.